The Bertz CT molecular complexity index is 817. The standard InChI is InChI=1S/C25H41N3O5/c1-9-10-14-28(23(31)20(15-29)27-24(32)33-25(6,7)8)21(22(30)26-16(2)3)19-13-11-12-17(4)18(19)5/h11-13,16,20-21,29H,9-10,14-15H2,1-8H3,(H,26,30)(H,27,32). The zero-order chi connectivity index (χ0) is 25.3. The molecule has 0 aliphatic carbocycles. The van der Waals surface area contributed by atoms with Crippen molar-refractivity contribution in [2.24, 2.45) is 0 Å². The molecule has 8 heteroatoms. The van der Waals surface area contributed by atoms with E-state index < -0.39 is 36.3 Å². The number of amides is 3. The largest absolute Gasteiger partial charge is 0.444 e. The van der Waals surface area contributed by atoms with Gasteiger partial charge in [-0.15, -0.1) is 0 Å². The van der Waals surface area contributed by atoms with Crippen molar-refractivity contribution in [1.82, 2.24) is 15.5 Å². The van der Waals surface area contributed by atoms with Gasteiger partial charge < -0.3 is 25.4 Å². The normalized spacial score (nSPS) is 13.3. The fraction of sp³-hybridized carbons (Fsp3) is 0.640. The number of ether oxygens (including phenoxy) is 1. The van der Waals surface area contributed by atoms with Crippen LogP contribution in [0.5, 0.6) is 0 Å². The van der Waals surface area contributed by atoms with E-state index in [1.807, 2.05) is 52.8 Å². The number of rotatable bonds is 10. The van der Waals surface area contributed by atoms with Crippen molar-refractivity contribution >= 4 is 17.9 Å². The average molecular weight is 464 g/mol. The van der Waals surface area contributed by atoms with Gasteiger partial charge in [0.15, 0.2) is 0 Å². The smallest absolute Gasteiger partial charge is 0.408 e. The van der Waals surface area contributed by atoms with E-state index >= 15 is 0 Å². The van der Waals surface area contributed by atoms with E-state index in [1.54, 1.807) is 20.8 Å². The lowest BCUT2D eigenvalue weighted by Crippen LogP contribution is -2.55. The maximum absolute atomic E-state index is 13.6. The van der Waals surface area contributed by atoms with Gasteiger partial charge in [-0.1, -0.05) is 31.5 Å². The second kappa shape index (κ2) is 12.6. The molecule has 0 aliphatic heterocycles. The fourth-order valence-corrected chi connectivity index (χ4v) is 3.41. The number of unbranched alkanes of at least 4 members (excludes halogenated alkanes) is 1. The third kappa shape index (κ3) is 8.68. The molecular weight excluding hydrogens is 422 g/mol. The number of aryl methyl sites for hydroxylation is 1. The second-order valence-corrected chi connectivity index (χ2v) is 9.62. The van der Waals surface area contributed by atoms with Crippen LogP contribution in [0.4, 0.5) is 4.79 Å². The van der Waals surface area contributed by atoms with Crippen molar-refractivity contribution in [1.29, 1.82) is 0 Å². The highest BCUT2D eigenvalue weighted by Gasteiger charge is 2.36. The van der Waals surface area contributed by atoms with Crippen LogP contribution in [0.25, 0.3) is 0 Å². The fourth-order valence-electron chi connectivity index (χ4n) is 3.41. The van der Waals surface area contributed by atoms with Crippen molar-refractivity contribution in [3.63, 3.8) is 0 Å². The minimum absolute atomic E-state index is 0.123. The Morgan fingerprint density at radius 2 is 1.76 bits per heavy atom. The Morgan fingerprint density at radius 3 is 2.27 bits per heavy atom. The van der Waals surface area contributed by atoms with E-state index in [1.165, 1.54) is 4.90 Å². The summed E-state index contributed by atoms with van der Waals surface area (Å²) in [7, 11) is 0. The SMILES string of the molecule is CCCCN(C(=O)C(CO)NC(=O)OC(C)(C)C)C(C(=O)NC(C)C)c1cccc(C)c1C. The minimum Gasteiger partial charge on any atom is -0.444 e. The summed E-state index contributed by atoms with van der Waals surface area (Å²) in [4.78, 5) is 40.7. The lowest BCUT2D eigenvalue weighted by Gasteiger charge is -2.35. The van der Waals surface area contributed by atoms with Crippen molar-refractivity contribution in [2.75, 3.05) is 13.2 Å². The van der Waals surface area contributed by atoms with Crippen molar-refractivity contribution in [3.8, 4) is 0 Å². The van der Waals surface area contributed by atoms with Gasteiger partial charge in [0.2, 0.25) is 11.8 Å². The molecule has 3 amide bonds. The van der Waals surface area contributed by atoms with Gasteiger partial charge >= 0.3 is 6.09 Å². The van der Waals surface area contributed by atoms with E-state index in [2.05, 4.69) is 10.6 Å². The molecule has 2 unspecified atom stereocenters. The van der Waals surface area contributed by atoms with Crippen LogP contribution in [-0.4, -0.2) is 58.8 Å². The van der Waals surface area contributed by atoms with E-state index in [9.17, 15) is 19.5 Å². The molecule has 0 saturated heterocycles. The summed E-state index contributed by atoms with van der Waals surface area (Å²) in [6, 6.07) is 3.39. The first-order chi connectivity index (χ1) is 15.3. The highest BCUT2D eigenvalue weighted by molar-refractivity contribution is 5.92. The highest BCUT2D eigenvalue weighted by atomic mass is 16.6. The van der Waals surface area contributed by atoms with Crippen LogP contribution in [-0.2, 0) is 14.3 Å². The molecule has 0 heterocycles. The molecule has 0 radical (unpaired) electrons. The van der Waals surface area contributed by atoms with Gasteiger partial charge in [-0.3, -0.25) is 9.59 Å². The van der Waals surface area contributed by atoms with Gasteiger partial charge in [-0.05, 0) is 71.6 Å². The zero-order valence-electron chi connectivity index (χ0n) is 21.3. The van der Waals surface area contributed by atoms with Gasteiger partial charge in [0, 0.05) is 12.6 Å². The average Bonchev–Trinajstić information content (AvgIpc) is 2.69. The third-order valence-electron chi connectivity index (χ3n) is 5.14. The first kappa shape index (κ1) is 28.4. The van der Waals surface area contributed by atoms with Crippen LogP contribution in [0.2, 0.25) is 0 Å². The van der Waals surface area contributed by atoms with Crippen molar-refractivity contribution in [3.05, 3.63) is 34.9 Å². The van der Waals surface area contributed by atoms with E-state index in [-0.39, 0.29) is 11.9 Å². The summed E-state index contributed by atoms with van der Waals surface area (Å²) in [5.41, 5.74) is 1.87. The first-order valence-corrected chi connectivity index (χ1v) is 11.6. The first-order valence-electron chi connectivity index (χ1n) is 11.6. The third-order valence-corrected chi connectivity index (χ3v) is 5.14. The number of carbonyl (C=O) groups is 3. The van der Waals surface area contributed by atoms with Crippen LogP contribution in [0.15, 0.2) is 18.2 Å². The summed E-state index contributed by atoms with van der Waals surface area (Å²) < 4.78 is 5.25. The quantitative estimate of drug-likeness (QED) is 0.493. The minimum atomic E-state index is -1.24. The molecule has 2 atom stereocenters. The molecular formula is C25H41N3O5. The molecule has 0 fully saturated rings. The van der Waals surface area contributed by atoms with Gasteiger partial charge in [0.25, 0.3) is 0 Å². The molecule has 1 aromatic carbocycles. The van der Waals surface area contributed by atoms with Crippen LogP contribution >= 0.6 is 0 Å². The molecule has 1 aromatic rings. The predicted molar refractivity (Wildman–Crippen MR) is 129 cm³/mol. The predicted octanol–water partition coefficient (Wildman–Crippen LogP) is 3.38. The number of nitrogens with zero attached hydrogens (tertiary/aromatic N) is 1. The number of hydrogen-bond donors (Lipinski definition) is 3. The van der Waals surface area contributed by atoms with E-state index in [4.69, 9.17) is 4.74 Å². The molecule has 1 rings (SSSR count). The molecule has 3 N–H and O–H groups in total. The van der Waals surface area contributed by atoms with Crippen molar-refractivity contribution in [2.45, 2.75) is 92.0 Å². The Kier molecular flexibility index (Phi) is 10.8. The topological polar surface area (TPSA) is 108 Å². The Hall–Kier alpha value is -2.61. The van der Waals surface area contributed by atoms with Crippen LogP contribution in [0.1, 0.15) is 77.1 Å². The van der Waals surface area contributed by atoms with Crippen LogP contribution < -0.4 is 10.6 Å². The highest BCUT2D eigenvalue weighted by Crippen LogP contribution is 2.28. The van der Waals surface area contributed by atoms with E-state index in [0.29, 0.717) is 18.5 Å². The molecule has 33 heavy (non-hydrogen) atoms. The van der Waals surface area contributed by atoms with Gasteiger partial charge in [-0.25, -0.2) is 4.79 Å². The van der Waals surface area contributed by atoms with E-state index in [0.717, 1.165) is 17.5 Å². The summed E-state index contributed by atoms with van der Waals surface area (Å²) >= 11 is 0. The maximum Gasteiger partial charge on any atom is 0.408 e. The van der Waals surface area contributed by atoms with Crippen LogP contribution in [0.3, 0.4) is 0 Å². The Labute approximate surface area is 198 Å². The lowest BCUT2D eigenvalue weighted by atomic mass is 9.94. The van der Waals surface area contributed by atoms with Gasteiger partial charge in [0.1, 0.15) is 17.7 Å². The number of alkyl carbamates (subject to hydrolysis) is 1. The molecule has 8 nitrogen and oxygen atoms in total. The summed E-state index contributed by atoms with van der Waals surface area (Å²) in [5.74, 6) is -0.848. The number of aliphatic hydroxyl groups is 1. The van der Waals surface area contributed by atoms with Gasteiger partial charge in [0.05, 0.1) is 6.61 Å². The second-order valence-electron chi connectivity index (χ2n) is 9.62. The summed E-state index contributed by atoms with van der Waals surface area (Å²) in [6.07, 6.45) is 0.658. The summed E-state index contributed by atoms with van der Waals surface area (Å²) in [6.45, 7) is 14.4. The Morgan fingerprint density at radius 1 is 1.12 bits per heavy atom. The lowest BCUT2D eigenvalue weighted by molar-refractivity contribution is -0.143. The molecule has 0 bridgehead atoms. The number of benzene rings is 1. The van der Waals surface area contributed by atoms with Crippen LogP contribution in [0, 0.1) is 13.8 Å². The molecule has 0 aromatic heterocycles. The van der Waals surface area contributed by atoms with Crippen molar-refractivity contribution < 1.29 is 24.2 Å². The number of hydrogen-bond acceptors (Lipinski definition) is 5. The van der Waals surface area contributed by atoms with Gasteiger partial charge in [-0.2, -0.15) is 0 Å². The zero-order valence-corrected chi connectivity index (χ0v) is 21.3. The Balaban J connectivity index is 3.43. The number of carbonyl (C=O) groups excluding carboxylic acids is 3. The monoisotopic (exact) mass is 463 g/mol. The number of nitrogens with one attached hydrogen (secondary N) is 2. The molecule has 0 aliphatic rings. The number of aliphatic hydroxyl groups excluding tert-OH is 1. The molecule has 186 valence electrons. The molecule has 0 spiro atoms. The molecule has 0 saturated carbocycles. The summed E-state index contributed by atoms with van der Waals surface area (Å²) in [5, 5.41) is 15.3. The maximum atomic E-state index is 13.6.